The molecule has 1 saturated heterocycles. The molecule has 27 heavy (non-hydrogen) atoms. The number of carbonyl (C=O) groups is 3. The predicted octanol–water partition coefficient (Wildman–Crippen LogP) is 2.76. The van der Waals surface area contributed by atoms with Crippen LogP contribution in [-0.4, -0.2) is 47.0 Å². The number of ether oxygens (including phenoxy) is 1. The average Bonchev–Trinajstić information content (AvgIpc) is 3.47. The molecule has 1 heterocycles. The zero-order chi connectivity index (χ0) is 19.6. The Bertz CT molecular complexity index is 742. The number of carbonyl (C=O) groups excluding carboxylic acids is 2. The number of hydrogen-bond acceptors (Lipinski definition) is 4. The molecule has 0 bridgehead atoms. The molecule has 7 heteroatoms. The number of nitrogens with zero attached hydrogens (tertiary/aromatic N) is 1. The Balaban J connectivity index is 1.72. The summed E-state index contributed by atoms with van der Waals surface area (Å²) in [6.45, 7) is 4.84. The van der Waals surface area contributed by atoms with Gasteiger partial charge in [0.1, 0.15) is 5.75 Å². The van der Waals surface area contributed by atoms with E-state index < -0.39 is 5.97 Å². The Labute approximate surface area is 158 Å². The fourth-order valence-electron chi connectivity index (χ4n) is 3.33. The highest BCUT2D eigenvalue weighted by Gasteiger charge is 2.36. The van der Waals surface area contributed by atoms with Gasteiger partial charge in [0.25, 0.3) is 0 Å². The minimum atomic E-state index is -1.07. The van der Waals surface area contributed by atoms with Crippen LogP contribution in [0.3, 0.4) is 0 Å². The van der Waals surface area contributed by atoms with Crippen LogP contribution in [0.2, 0.25) is 0 Å². The van der Waals surface area contributed by atoms with Crippen LogP contribution in [0.4, 0.5) is 5.69 Å². The summed E-state index contributed by atoms with van der Waals surface area (Å²) in [7, 11) is 0. The highest BCUT2D eigenvalue weighted by Crippen LogP contribution is 2.33. The second-order valence-corrected chi connectivity index (χ2v) is 7.57. The van der Waals surface area contributed by atoms with Crippen molar-refractivity contribution in [1.82, 2.24) is 4.90 Å². The number of carboxylic acid groups (broad SMARTS) is 1. The van der Waals surface area contributed by atoms with Crippen LogP contribution >= 0.6 is 0 Å². The standard InChI is InChI=1S/C20H26N2O5/c1-12(2)27-17-8-7-14(20(25)26)10-16(17)21-18(23)15-4-3-9-22(11-15)19(24)13-5-6-13/h7-8,10,12-13,15H,3-6,9,11H2,1-2H3,(H,21,23)(H,25,26). The number of anilines is 1. The minimum Gasteiger partial charge on any atom is -0.489 e. The van der Waals surface area contributed by atoms with Crippen LogP contribution < -0.4 is 10.1 Å². The lowest BCUT2D eigenvalue weighted by molar-refractivity contribution is -0.135. The van der Waals surface area contributed by atoms with Gasteiger partial charge >= 0.3 is 5.97 Å². The third kappa shape index (κ3) is 4.78. The summed E-state index contributed by atoms with van der Waals surface area (Å²) in [5.41, 5.74) is 0.426. The fraction of sp³-hybridized carbons (Fsp3) is 0.550. The summed E-state index contributed by atoms with van der Waals surface area (Å²) >= 11 is 0. The van der Waals surface area contributed by atoms with Crippen molar-refractivity contribution in [2.45, 2.75) is 45.6 Å². The van der Waals surface area contributed by atoms with Crippen molar-refractivity contribution in [3.63, 3.8) is 0 Å². The molecule has 0 aromatic heterocycles. The van der Waals surface area contributed by atoms with Gasteiger partial charge in [0.05, 0.1) is 23.3 Å². The van der Waals surface area contributed by atoms with Crippen molar-refractivity contribution >= 4 is 23.5 Å². The number of likely N-dealkylation sites (tertiary alicyclic amines) is 1. The lowest BCUT2D eigenvalue weighted by Gasteiger charge is -2.32. The lowest BCUT2D eigenvalue weighted by Crippen LogP contribution is -2.44. The molecular weight excluding hydrogens is 348 g/mol. The maximum absolute atomic E-state index is 12.8. The Hall–Kier alpha value is -2.57. The zero-order valence-electron chi connectivity index (χ0n) is 15.7. The molecule has 2 N–H and O–H groups in total. The van der Waals surface area contributed by atoms with E-state index in [2.05, 4.69) is 5.32 Å². The predicted molar refractivity (Wildman–Crippen MR) is 99.8 cm³/mol. The van der Waals surface area contributed by atoms with E-state index >= 15 is 0 Å². The molecule has 2 amide bonds. The van der Waals surface area contributed by atoms with Gasteiger partial charge in [-0.1, -0.05) is 0 Å². The van der Waals surface area contributed by atoms with E-state index in [9.17, 15) is 19.5 Å². The number of hydrogen-bond donors (Lipinski definition) is 2. The first kappa shape index (κ1) is 19.2. The second-order valence-electron chi connectivity index (χ2n) is 7.57. The quantitative estimate of drug-likeness (QED) is 0.798. The van der Waals surface area contributed by atoms with E-state index in [0.717, 1.165) is 19.3 Å². The summed E-state index contributed by atoms with van der Waals surface area (Å²) in [5.74, 6) is -0.846. The van der Waals surface area contributed by atoms with Crippen LogP contribution in [-0.2, 0) is 9.59 Å². The van der Waals surface area contributed by atoms with Crippen molar-refractivity contribution in [3.8, 4) is 5.75 Å². The van der Waals surface area contributed by atoms with Crippen LogP contribution in [0.1, 0.15) is 49.9 Å². The molecule has 2 fully saturated rings. The van der Waals surface area contributed by atoms with E-state index in [4.69, 9.17) is 4.74 Å². The number of amides is 2. The van der Waals surface area contributed by atoms with Gasteiger partial charge in [-0.25, -0.2) is 4.79 Å². The van der Waals surface area contributed by atoms with Crippen LogP contribution in [0.5, 0.6) is 5.75 Å². The van der Waals surface area contributed by atoms with Gasteiger partial charge < -0.3 is 20.1 Å². The van der Waals surface area contributed by atoms with Crippen LogP contribution in [0.25, 0.3) is 0 Å². The Morgan fingerprint density at radius 2 is 1.93 bits per heavy atom. The monoisotopic (exact) mass is 374 g/mol. The Morgan fingerprint density at radius 3 is 2.56 bits per heavy atom. The Kier molecular flexibility index (Phi) is 5.68. The molecule has 0 radical (unpaired) electrons. The summed E-state index contributed by atoms with van der Waals surface area (Å²) in [5, 5.41) is 12.0. The van der Waals surface area contributed by atoms with Crippen molar-refractivity contribution < 1.29 is 24.2 Å². The van der Waals surface area contributed by atoms with Gasteiger partial charge in [0, 0.05) is 19.0 Å². The molecule has 3 rings (SSSR count). The molecule has 1 unspecified atom stereocenters. The van der Waals surface area contributed by atoms with E-state index in [-0.39, 0.29) is 35.3 Å². The zero-order valence-corrected chi connectivity index (χ0v) is 15.7. The third-order valence-electron chi connectivity index (χ3n) is 4.88. The number of benzene rings is 1. The fourth-order valence-corrected chi connectivity index (χ4v) is 3.33. The first-order valence-corrected chi connectivity index (χ1v) is 9.48. The molecule has 1 saturated carbocycles. The van der Waals surface area contributed by atoms with Gasteiger partial charge in [-0.05, 0) is 57.7 Å². The van der Waals surface area contributed by atoms with Crippen molar-refractivity contribution in [2.24, 2.45) is 11.8 Å². The van der Waals surface area contributed by atoms with Gasteiger partial charge in [-0.3, -0.25) is 9.59 Å². The highest BCUT2D eigenvalue weighted by atomic mass is 16.5. The van der Waals surface area contributed by atoms with Gasteiger partial charge in [-0.15, -0.1) is 0 Å². The number of nitrogens with one attached hydrogen (secondary N) is 1. The van der Waals surface area contributed by atoms with E-state index in [0.29, 0.717) is 30.9 Å². The van der Waals surface area contributed by atoms with Gasteiger partial charge in [0.2, 0.25) is 11.8 Å². The van der Waals surface area contributed by atoms with Crippen LogP contribution in [0.15, 0.2) is 18.2 Å². The van der Waals surface area contributed by atoms with E-state index in [1.165, 1.54) is 12.1 Å². The molecule has 0 spiro atoms. The second kappa shape index (κ2) is 7.98. The molecule has 1 aromatic carbocycles. The largest absolute Gasteiger partial charge is 0.489 e. The lowest BCUT2D eigenvalue weighted by atomic mass is 9.96. The molecule has 7 nitrogen and oxygen atoms in total. The first-order chi connectivity index (χ1) is 12.8. The topological polar surface area (TPSA) is 95.9 Å². The van der Waals surface area contributed by atoms with Crippen molar-refractivity contribution in [2.75, 3.05) is 18.4 Å². The molecule has 1 aromatic rings. The highest BCUT2D eigenvalue weighted by molar-refractivity contribution is 5.97. The summed E-state index contributed by atoms with van der Waals surface area (Å²) in [4.78, 5) is 38.1. The maximum Gasteiger partial charge on any atom is 0.335 e. The number of aromatic carboxylic acids is 1. The maximum atomic E-state index is 12.8. The normalized spacial score (nSPS) is 19.7. The third-order valence-corrected chi connectivity index (χ3v) is 4.88. The summed E-state index contributed by atoms with van der Waals surface area (Å²) in [6.07, 6.45) is 3.28. The number of rotatable bonds is 6. The van der Waals surface area contributed by atoms with Gasteiger partial charge in [0.15, 0.2) is 0 Å². The smallest absolute Gasteiger partial charge is 0.335 e. The minimum absolute atomic E-state index is 0.0792. The molecular formula is C20H26N2O5. The molecule has 1 atom stereocenters. The average molecular weight is 374 g/mol. The number of piperidine rings is 1. The van der Waals surface area contributed by atoms with E-state index in [1.54, 1.807) is 11.0 Å². The molecule has 146 valence electrons. The summed E-state index contributed by atoms with van der Waals surface area (Å²) in [6, 6.07) is 4.42. The molecule has 1 aliphatic carbocycles. The van der Waals surface area contributed by atoms with Crippen molar-refractivity contribution in [1.29, 1.82) is 0 Å². The SMILES string of the molecule is CC(C)Oc1ccc(C(=O)O)cc1NC(=O)C1CCCN(C(=O)C2CC2)C1. The van der Waals surface area contributed by atoms with E-state index in [1.807, 2.05) is 13.8 Å². The molecule has 2 aliphatic rings. The van der Waals surface area contributed by atoms with Crippen molar-refractivity contribution in [3.05, 3.63) is 23.8 Å². The van der Waals surface area contributed by atoms with Gasteiger partial charge in [-0.2, -0.15) is 0 Å². The summed E-state index contributed by atoms with van der Waals surface area (Å²) < 4.78 is 5.70. The van der Waals surface area contributed by atoms with Crippen LogP contribution in [0, 0.1) is 11.8 Å². The Morgan fingerprint density at radius 1 is 1.19 bits per heavy atom. The first-order valence-electron chi connectivity index (χ1n) is 9.48. The molecule has 1 aliphatic heterocycles. The number of carboxylic acids is 1.